The fourth-order valence-corrected chi connectivity index (χ4v) is 3.18. The Morgan fingerprint density at radius 2 is 1.88 bits per heavy atom. The highest BCUT2D eigenvalue weighted by atomic mass is 127. The Morgan fingerprint density at radius 3 is 2.44 bits per heavy atom. The van der Waals surface area contributed by atoms with Crippen LogP contribution in [0.3, 0.4) is 0 Å². The van der Waals surface area contributed by atoms with Gasteiger partial charge in [0.05, 0.1) is 3.79 Å². The van der Waals surface area contributed by atoms with Crippen LogP contribution in [0.25, 0.3) is 0 Å². The Hall–Kier alpha value is -0.200. The zero-order valence-corrected chi connectivity index (χ0v) is 12.8. The molecule has 0 saturated heterocycles. The normalized spacial score (nSPS) is 10.4. The van der Waals surface area contributed by atoms with E-state index in [0.717, 1.165) is 17.8 Å². The van der Waals surface area contributed by atoms with Gasteiger partial charge in [-0.25, -0.2) is 0 Å². The van der Waals surface area contributed by atoms with E-state index in [1.807, 2.05) is 36.4 Å². The van der Waals surface area contributed by atoms with Crippen molar-refractivity contribution in [3.8, 4) is 0 Å². The summed E-state index contributed by atoms with van der Waals surface area (Å²) in [5, 5.41) is 0. The molecule has 0 aliphatic carbocycles. The highest BCUT2D eigenvalue weighted by Gasteiger charge is 2.08. The van der Waals surface area contributed by atoms with Gasteiger partial charge in [0, 0.05) is 20.4 Å². The average molecular weight is 407 g/mol. The van der Waals surface area contributed by atoms with Crippen LogP contribution in [0.4, 0.5) is 0 Å². The maximum atomic E-state index is 11.9. The predicted octanol–water partition coefficient (Wildman–Crippen LogP) is 4.54. The van der Waals surface area contributed by atoms with E-state index in [1.54, 1.807) is 11.3 Å². The zero-order chi connectivity index (χ0) is 11.5. The molecule has 0 unspecified atom stereocenters. The van der Waals surface area contributed by atoms with Gasteiger partial charge in [-0.3, -0.25) is 4.79 Å². The largest absolute Gasteiger partial charge is 0.294 e. The molecule has 0 aliphatic rings. The molecule has 1 aromatic carbocycles. The molecule has 4 heteroatoms. The van der Waals surface area contributed by atoms with E-state index in [2.05, 4.69) is 38.5 Å². The first-order chi connectivity index (χ1) is 7.65. The Bertz CT molecular complexity index is 504. The van der Waals surface area contributed by atoms with Crippen molar-refractivity contribution in [3.63, 3.8) is 0 Å². The van der Waals surface area contributed by atoms with E-state index in [1.165, 1.54) is 0 Å². The van der Waals surface area contributed by atoms with E-state index in [9.17, 15) is 4.79 Å². The predicted molar refractivity (Wildman–Crippen MR) is 79.2 cm³/mol. The second-order valence-electron chi connectivity index (χ2n) is 3.31. The number of ketones is 1. The quantitative estimate of drug-likeness (QED) is 0.540. The van der Waals surface area contributed by atoms with Crippen LogP contribution in [0.1, 0.15) is 15.2 Å². The number of carbonyl (C=O) groups is 1. The second-order valence-corrected chi connectivity index (χ2v) is 7.11. The van der Waals surface area contributed by atoms with Crippen LogP contribution in [0.5, 0.6) is 0 Å². The third-order valence-electron chi connectivity index (χ3n) is 2.13. The summed E-state index contributed by atoms with van der Waals surface area (Å²) < 4.78 is 2.21. The molecule has 0 amide bonds. The molecule has 0 saturated carbocycles. The van der Waals surface area contributed by atoms with Crippen LogP contribution < -0.4 is 0 Å². The van der Waals surface area contributed by atoms with Gasteiger partial charge < -0.3 is 0 Å². The minimum absolute atomic E-state index is 0.172. The summed E-state index contributed by atoms with van der Waals surface area (Å²) in [6.45, 7) is 0. The molecule has 0 atom stereocenters. The minimum atomic E-state index is 0.172. The van der Waals surface area contributed by atoms with Gasteiger partial charge in [-0.05, 0) is 62.8 Å². The maximum absolute atomic E-state index is 11.9. The van der Waals surface area contributed by atoms with Gasteiger partial charge >= 0.3 is 0 Å². The summed E-state index contributed by atoms with van der Waals surface area (Å²) in [7, 11) is 0. The van der Waals surface area contributed by atoms with Gasteiger partial charge in [0.1, 0.15) is 0 Å². The Balaban J connectivity index is 2.11. The fraction of sp³-hybridized carbons (Fsp3) is 0.0833. The number of carbonyl (C=O) groups excluding carboxylic acids is 1. The summed E-state index contributed by atoms with van der Waals surface area (Å²) in [4.78, 5) is 13.0. The first-order valence-corrected chi connectivity index (χ1v) is 7.37. The van der Waals surface area contributed by atoms with Gasteiger partial charge in [0.15, 0.2) is 5.78 Å². The summed E-state index contributed by atoms with van der Waals surface area (Å²) in [5.74, 6) is 0.172. The monoisotopic (exact) mass is 406 g/mol. The Labute approximate surface area is 120 Å². The lowest BCUT2D eigenvalue weighted by molar-refractivity contribution is 0.0994. The van der Waals surface area contributed by atoms with E-state index in [-0.39, 0.29) is 5.78 Å². The van der Waals surface area contributed by atoms with Crippen LogP contribution in [0.2, 0.25) is 0 Å². The molecule has 1 heterocycles. The number of halogens is 2. The summed E-state index contributed by atoms with van der Waals surface area (Å²) in [5.41, 5.74) is 0.782. The van der Waals surface area contributed by atoms with Crippen LogP contribution in [-0.2, 0) is 6.42 Å². The number of rotatable bonds is 3. The summed E-state index contributed by atoms with van der Waals surface area (Å²) >= 11 is 7.23. The summed E-state index contributed by atoms with van der Waals surface area (Å²) in [6, 6.07) is 11.6. The Kier molecular flexibility index (Phi) is 4.16. The average Bonchev–Trinajstić information content (AvgIpc) is 2.65. The van der Waals surface area contributed by atoms with E-state index in [0.29, 0.717) is 6.42 Å². The third-order valence-corrected chi connectivity index (χ3v) is 4.47. The topological polar surface area (TPSA) is 17.1 Å². The minimum Gasteiger partial charge on any atom is -0.294 e. The summed E-state index contributed by atoms with van der Waals surface area (Å²) in [6.07, 6.45) is 0.483. The first kappa shape index (κ1) is 12.3. The lowest BCUT2D eigenvalue weighted by Crippen LogP contribution is -2.01. The lowest BCUT2D eigenvalue weighted by Gasteiger charge is -1.99. The highest BCUT2D eigenvalue weighted by molar-refractivity contribution is 14.1. The zero-order valence-electron chi connectivity index (χ0n) is 8.24. The Morgan fingerprint density at radius 1 is 1.19 bits per heavy atom. The van der Waals surface area contributed by atoms with Crippen LogP contribution in [0.15, 0.2) is 40.2 Å². The second kappa shape index (κ2) is 5.42. The molecule has 1 nitrogen and oxygen atoms in total. The van der Waals surface area contributed by atoms with Crippen molar-refractivity contribution in [2.75, 3.05) is 0 Å². The molecule has 2 rings (SSSR count). The molecule has 16 heavy (non-hydrogen) atoms. The van der Waals surface area contributed by atoms with Crippen molar-refractivity contribution >= 4 is 55.6 Å². The van der Waals surface area contributed by atoms with Gasteiger partial charge in [-0.15, -0.1) is 11.3 Å². The van der Waals surface area contributed by atoms with Gasteiger partial charge in [-0.2, -0.15) is 0 Å². The molecule has 0 fully saturated rings. The van der Waals surface area contributed by atoms with Gasteiger partial charge in [0.2, 0.25) is 0 Å². The smallest absolute Gasteiger partial charge is 0.168 e. The molecule has 0 N–H and O–H groups in total. The van der Waals surface area contributed by atoms with E-state index < -0.39 is 0 Å². The highest BCUT2D eigenvalue weighted by Crippen LogP contribution is 2.23. The van der Waals surface area contributed by atoms with Crippen molar-refractivity contribution in [1.82, 2.24) is 0 Å². The number of Topliss-reactive ketones (excluding diaryl/α,β-unsaturated/α-hetero) is 1. The standard InChI is InChI=1S/C12H8BrIOS/c13-12-6-5-10(16-12)7-11(15)8-1-3-9(14)4-2-8/h1-6H,7H2. The van der Waals surface area contributed by atoms with Crippen molar-refractivity contribution in [3.05, 3.63) is 54.2 Å². The van der Waals surface area contributed by atoms with Crippen molar-refractivity contribution in [1.29, 1.82) is 0 Å². The van der Waals surface area contributed by atoms with Gasteiger partial charge in [-0.1, -0.05) is 12.1 Å². The number of benzene rings is 1. The molecule has 82 valence electrons. The first-order valence-electron chi connectivity index (χ1n) is 4.68. The van der Waals surface area contributed by atoms with E-state index >= 15 is 0 Å². The van der Waals surface area contributed by atoms with Crippen molar-refractivity contribution in [2.45, 2.75) is 6.42 Å². The molecule has 0 radical (unpaired) electrons. The molecule has 2 aromatic rings. The fourth-order valence-electron chi connectivity index (χ4n) is 1.34. The third kappa shape index (κ3) is 3.15. The van der Waals surface area contributed by atoms with E-state index in [4.69, 9.17) is 0 Å². The number of thiophene rings is 1. The number of hydrogen-bond acceptors (Lipinski definition) is 2. The molecular formula is C12H8BrIOS. The molecular weight excluding hydrogens is 399 g/mol. The molecule has 0 aliphatic heterocycles. The molecule has 1 aromatic heterocycles. The molecule has 0 spiro atoms. The maximum Gasteiger partial charge on any atom is 0.168 e. The van der Waals surface area contributed by atoms with Crippen LogP contribution in [0, 0.1) is 3.57 Å². The van der Waals surface area contributed by atoms with Crippen LogP contribution in [-0.4, -0.2) is 5.78 Å². The SMILES string of the molecule is O=C(Cc1ccc(Br)s1)c1ccc(I)cc1. The van der Waals surface area contributed by atoms with Crippen LogP contribution >= 0.6 is 49.9 Å². The van der Waals surface area contributed by atoms with Crippen molar-refractivity contribution in [2.24, 2.45) is 0 Å². The lowest BCUT2D eigenvalue weighted by atomic mass is 10.1. The van der Waals surface area contributed by atoms with Gasteiger partial charge in [0.25, 0.3) is 0 Å². The van der Waals surface area contributed by atoms with Crippen molar-refractivity contribution < 1.29 is 4.79 Å². The number of hydrogen-bond donors (Lipinski definition) is 0. The molecule has 0 bridgehead atoms.